The summed E-state index contributed by atoms with van der Waals surface area (Å²) in [5, 5.41) is 11.6. The number of para-hydroxylation sites is 1. The Morgan fingerprint density at radius 1 is 0.964 bits per heavy atom. The maximum atomic E-state index is 14.0. The molecule has 1 aromatic heterocycles. The zero-order valence-corrected chi connectivity index (χ0v) is 16.1. The van der Waals surface area contributed by atoms with Crippen molar-refractivity contribution in [2.75, 3.05) is 41.3 Å². The molecule has 2 heterocycles. The van der Waals surface area contributed by atoms with E-state index in [0.29, 0.717) is 43.6 Å². The van der Waals surface area contributed by atoms with Crippen LogP contribution in [0.1, 0.15) is 11.1 Å². The molecule has 3 aromatic rings. The van der Waals surface area contributed by atoms with Crippen molar-refractivity contribution in [3.63, 3.8) is 0 Å². The first-order valence-electron chi connectivity index (χ1n) is 9.38. The molecule has 144 valence electrons. The molecule has 1 fully saturated rings. The van der Waals surface area contributed by atoms with Gasteiger partial charge in [-0.05, 0) is 37.6 Å². The van der Waals surface area contributed by atoms with Gasteiger partial charge in [0.05, 0.1) is 11.9 Å². The van der Waals surface area contributed by atoms with Gasteiger partial charge in [-0.25, -0.2) is 4.39 Å². The van der Waals surface area contributed by atoms with Crippen LogP contribution in [0.4, 0.5) is 27.5 Å². The Labute approximate surface area is 164 Å². The summed E-state index contributed by atoms with van der Waals surface area (Å²) in [4.78, 5) is 8.75. The van der Waals surface area contributed by atoms with Gasteiger partial charge < -0.3 is 15.1 Å². The summed E-state index contributed by atoms with van der Waals surface area (Å²) < 4.78 is 14.0. The van der Waals surface area contributed by atoms with Crippen molar-refractivity contribution >= 4 is 23.1 Å². The summed E-state index contributed by atoms with van der Waals surface area (Å²) in [5.41, 5.74) is 4.02. The number of anilines is 4. The van der Waals surface area contributed by atoms with Gasteiger partial charge in [0.2, 0.25) is 5.95 Å². The normalized spacial score (nSPS) is 14.2. The average Bonchev–Trinajstić information content (AvgIpc) is 2.71. The summed E-state index contributed by atoms with van der Waals surface area (Å²) in [7, 11) is 0. The molecule has 0 radical (unpaired) electrons. The van der Waals surface area contributed by atoms with Crippen LogP contribution in [-0.2, 0) is 0 Å². The van der Waals surface area contributed by atoms with Crippen LogP contribution >= 0.6 is 0 Å². The van der Waals surface area contributed by atoms with Crippen LogP contribution in [0.2, 0.25) is 0 Å². The van der Waals surface area contributed by atoms with E-state index in [4.69, 9.17) is 0 Å². The molecule has 28 heavy (non-hydrogen) atoms. The molecule has 0 spiro atoms. The number of halogens is 1. The van der Waals surface area contributed by atoms with E-state index in [1.807, 2.05) is 18.2 Å². The van der Waals surface area contributed by atoms with Crippen molar-refractivity contribution in [1.29, 1.82) is 0 Å². The minimum atomic E-state index is -0.187. The van der Waals surface area contributed by atoms with Crippen molar-refractivity contribution in [2.24, 2.45) is 0 Å². The third-order valence-electron chi connectivity index (χ3n) is 4.95. The first-order valence-corrected chi connectivity index (χ1v) is 9.38. The van der Waals surface area contributed by atoms with E-state index in [2.05, 4.69) is 56.3 Å². The van der Waals surface area contributed by atoms with Crippen molar-refractivity contribution in [1.82, 2.24) is 15.2 Å². The number of aromatic nitrogens is 3. The lowest BCUT2D eigenvalue weighted by Gasteiger charge is -2.36. The summed E-state index contributed by atoms with van der Waals surface area (Å²) in [5.74, 6) is 1.06. The molecule has 2 aromatic carbocycles. The van der Waals surface area contributed by atoms with E-state index in [1.165, 1.54) is 11.6 Å². The zero-order chi connectivity index (χ0) is 19.5. The Balaban J connectivity index is 1.44. The maximum Gasteiger partial charge on any atom is 0.247 e. The molecule has 0 bridgehead atoms. The molecule has 1 N–H and O–H groups in total. The first kappa shape index (κ1) is 18.2. The average molecular weight is 378 g/mol. The minimum Gasteiger partial charge on any atom is -0.366 e. The third kappa shape index (κ3) is 3.88. The molecule has 0 saturated carbocycles. The smallest absolute Gasteiger partial charge is 0.247 e. The molecule has 4 rings (SSSR count). The van der Waals surface area contributed by atoms with E-state index in [0.717, 1.165) is 11.3 Å². The highest BCUT2D eigenvalue weighted by Crippen LogP contribution is 2.23. The first-order chi connectivity index (χ1) is 13.6. The van der Waals surface area contributed by atoms with E-state index in [-0.39, 0.29) is 5.82 Å². The maximum absolute atomic E-state index is 14.0. The molecule has 0 unspecified atom stereocenters. The van der Waals surface area contributed by atoms with Gasteiger partial charge in [0, 0.05) is 31.9 Å². The van der Waals surface area contributed by atoms with E-state index in [9.17, 15) is 4.39 Å². The Bertz CT molecular complexity index is 969. The summed E-state index contributed by atoms with van der Waals surface area (Å²) >= 11 is 0. The number of hydrogen-bond acceptors (Lipinski definition) is 6. The van der Waals surface area contributed by atoms with Gasteiger partial charge in [0.25, 0.3) is 0 Å². The lowest BCUT2D eigenvalue weighted by Crippen LogP contribution is -2.47. The lowest BCUT2D eigenvalue weighted by atomic mass is 10.1. The standard InChI is InChI=1S/C21H23FN6/c1-15-7-8-18(16(2)13-15)24-20-14-23-26-21(25-20)28-11-9-27(10-12-28)19-6-4-3-5-17(19)22/h3-8,13-14H,9-12H2,1-2H3,(H,24,25,26). The molecule has 1 aliphatic heterocycles. The number of nitrogens with one attached hydrogen (secondary N) is 1. The third-order valence-corrected chi connectivity index (χ3v) is 4.95. The summed E-state index contributed by atoms with van der Waals surface area (Å²) in [6.45, 7) is 6.97. The van der Waals surface area contributed by atoms with Crippen LogP contribution in [0.5, 0.6) is 0 Å². The van der Waals surface area contributed by atoms with Gasteiger partial charge in [-0.3, -0.25) is 0 Å². The summed E-state index contributed by atoms with van der Waals surface area (Å²) in [6.07, 6.45) is 1.62. The predicted octanol–water partition coefficient (Wildman–Crippen LogP) is 3.70. The van der Waals surface area contributed by atoms with Crippen molar-refractivity contribution in [3.8, 4) is 0 Å². The Morgan fingerprint density at radius 2 is 1.71 bits per heavy atom. The molecular weight excluding hydrogens is 355 g/mol. The van der Waals surface area contributed by atoms with Crippen LogP contribution < -0.4 is 15.1 Å². The SMILES string of the molecule is Cc1ccc(Nc2cnnc(N3CCN(c4ccccc4F)CC3)n2)c(C)c1. The number of hydrogen-bond donors (Lipinski definition) is 1. The highest BCUT2D eigenvalue weighted by atomic mass is 19.1. The number of nitrogens with zero attached hydrogens (tertiary/aromatic N) is 5. The van der Waals surface area contributed by atoms with Gasteiger partial charge in [0.15, 0.2) is 5.82 Å². The van der Waals surface area contributed by atoms with E-state index in [1.54, 1.807) is 12.3 Å². The van der Waals surface area contributed by atoms with Gasteiger partial charge in [-0.1, -0.05) is 29.8 Å². The Kier molecular flexibility index (Phi) is 5.06. The summed E-state index contributed by atoms with van der Waals surface area (Å²) in [6, 6.07) is 13.1. The second-order valence-electron chi connectivity index (χ2n) is 7.01. The van der Waals surface area contributed by atoms with Gasteiger partial charge in [-0.15, -0.1) is 5.10 Å². The fraction of sp³-hybridized carbons (Fsp3) is 0.286. The fourth-order valence-corrected chi connectivity index (χ4v) is 3.44. The van der Waals surface area contributed by atoms with Crippen LogP contribution in [0.3, 0.4) is 0 Å². The molecule has 7 heteroatoms. The minimum absolute atomic E-state index is 0.187. The number of aryl methyl sites for hydroxylation is 2. The number of piperazine rings is 1. The Morgan fingerprint density at radius 3 is 2.46 bits per heavy atom. The second-order valence-corrected chi connectivity index (χ2v) is 7.01. The number of benzene rings is 2. The van der Waals surface area contributed by atoms with Gasteiger partial charge >= 0.3 is 0 Å². The lowest BCUT2D eigenvalue weighted by molar-refractivity contribution is 0.592. The van der Waals surface area contributed by atoms with Crippen molar-refractivity contribution in [3.05, 3.63) is 65.6 Å². The molecule has 0 aliphatic carbocycles. The zero-order valence-electron chi connectivity index (χ0n) is 16.1. The predicted molar refractivity (Wildman–Crippen MR) is 110 cm³/mol. The fourth-order valence-electron chi connectivity index (χ4n) is 3.44. The van der Waals surface area contributed by atoms with Crippen LogP contribution in [0.25, 0.3) is 0 Å². The largest absolute Gasteiger partial charge is 0.366 e. The second kappa shape index (κ2) is 7.80. The Hall–Kier alpha value is -3.22. The van der Waals surface area contributed by atoms with Crippen molar-refractivity contribution in [2.45, 2.75) is 13.8 Å². The van der Waals surface area contributed by atoms with Crippen molar-refractivity contribution < 1.29 is 4.39 Å². The van der Waals surface area contributed by atoms with Crippen LogP contribution in [0.15, 0.2) is 48.7 Å². The highest BCUT2D eigenvalue weighted by molar-refractivity contribution is 5.61. The monoisotopic (exact) mass is 378 g/mol. The molecular formula is C21H23FN6. The molecule has 1 aliphatic rings. The molecule has 0 amide bonds. The van der Waals surface area contributed by atoms with Gasteiger partial charge in [-0.2, -0.15) is 10.1 Å². The quantitative estimate of drug-likeness (QED) is 0.747. The highest BCUT2D eigenvalue weighted by Gasteiger charge is 2.21. The van der Waals surface area contributed by atoms with Crippen LogP contribution in [0, 0.1) is 19.7 Å². The van der Waals surface area contributed by atoms with Crippen LogP contribution in [-0.4, -0.2) is 41.4 Å². The molecule has 6 nitrogen and oxygen atoms in total. The van der Waals surface area contributed by atoms with Gasteiger partial charge in [0.1, 0.15) is 5.82 Å². The van der Waals surface area contributed by atoms with E-state index >= 15 is 0 Å². The molecule has 1 saturated heterocycles. The topological polar surface area (TPSA) is 57.2 Å². The van der Waals surface area contributed by atoms with E-state index < -0.39 is 0 Å². The molecule has 0 atom stereocenters. The number of rotatable bonds is 4.